The molecule has 5 rings (SSSR count). The van der Waals surface area contributed by atoms with Crippen LogP contribution >= 0.6 is 0 Å². The largest absolute Gasteiger partial charge is 0.347 e. The van der Waals surface area contributed by atoms with Gasteiger partial charge < -0.3 is 15.2 Å². The second-order valence-corrected chi connectivity index (χ2v) is 8.36. The highest BCUT2D eigenvalue weighted by Gasteiger charge is 2.49. The number of hydrogen-bond acceptors (Lipinski definition) is 4. The van der Waals surface area contributed by atoms with Gasteiger partial charge in [-0.3, -0.25) is 14.5 Å². The number of para-hydroxylation sites is 2. The third kappa shape index (κ3) is 3.49. The van der Waals surface area contributed by atoms with Crippen LogP contribution in [0.4, 0.5) is 4.79 Å². The van der Waals surface area contributed by atoms with Gasteiger partial charge in [0.05, 0.1) is 17.6 Å². The Morgan fingerprint density at radius 3 is 2.55 bits per heavy atom. The van der Waals surface area contributed by atoms with Crippen LogP contribution in [0.15, 0.2) is 66.7 Å². The van der Waals surface area contributed by atoms with Crippen LogP contribution in [0.25, 0.3) is 21.8 Å². The van der Waals surface area contributed by atoms with Crippen LogP contribution in [-0.4, -0.2) is 38.8 Å². The number of amides is 4. The number of carbonyl (C=O) groups excluding carboxylic acids is 3. The molecule has 8 nitrogen and oxygen atoms in total. The molecule has 1 aromatic heterocycles. The van der Waals surface area contributed by atoms with Crippen molar-refractivity contribution in [1.82, 2.24) is 25.1 Å². The third-order valence-corrected chi connectivity index (χ3v) is 6.23. The van der Waals surface area contributed by atoms with Crippen molar-refractivity contribution in [3.05, 3.63) is 78.1 Å². The quantitative estimate of drug-likeness (QED) is 0.466. The number of fused-ring (bicyclic) bond motifs is 2. The van der Waals surface area contributed by atoms with E-state index in [4.69, 9.17) is 0 Å². The summed E-state index contributed by atoms with van der Waals surface area (Å²) in [7, 11) is 1.88. The highest BCUT2D eigenvalue weighted by Crippen LogP contribution is 2.31. The maximum Gasteiger partial charge on any atom is 0.325 e. The molecular weight excluding hydrogens is 418 g/mol. The maximum atomic E-state index is 13.2. The Hall–Kier alpha value is -4.20. The van der Waals surface area contributed by atoms with E-state index in [1.165, 1.54) is 0 Å². The van der Waals surface area contributed by atoms with E-state index in [9.17, 15) is 14.4 Å². The highest BCUT2D eigenvalue weighted by atomic mass is 16.2. The van der Waals surface area contributed by atoms with Gasteiger partial charge in [0, 0.05) is 7.05 Å². The van der Waals surface area contributed by atoms with Crippen molar-refractivity contribution >= 4 is 39.7 Å². The smallest absolute Gasteiger partial charge is 0.325 e. The summed E-state index contributed by atoms with van der Waals surface area (Å²) in [5.74, 6) is -0.211. The molecule has 4 aromatic rings. The molecule has 33 heavy (non-hydrogen) atoms. The van der Waals surface area contributed by atoms with Gasteiger partial charge in [-0.15, -0.1) is 0 Å². The lowest BCUT2D eigenvalue weighted by atomic mass is 9.90. The van der Waals surface area contributed by atoms with Gasteiger partial charge in [-0.2, -0.15) is 0 Å². The zero-order chi connectivity index (χ0) is 23.2. The van der Waals surface area contributed by atoms with E-state index >= 15 is 0 Å². The molecule has 166 valence electrons. The lowest BCUT2D eigenvalue weighted by Gasteiger charge is -2.22. The summed E-state index contributed by atoms with van der Waals surface area (Å²) in [6.45, 7) is 1.49. The van der Waals surface area contributed by atoms with Crippen LogP contribution in [0.5, 0.6) is 0 Å². The Balaban J connectivity index is 1.30. The van der Waals surface area contributed by atoms with E-state index in [0.29, 0.717) is 11.4 Å². The van der Waals surface area contributed by atoms with Crippen molar-refractivity contribution in [1.29, 1.82) is 0 Å². The monoisotopic (exact) mass is 441 g/mol. The number of urea groups is 1. The molecule has 2 heterocycles. The normalized spacial score (nSPS) is 18.2. The molecule has 8 heteroatoms. The van der Waals surface area contributed by atoms with Gasteiger partial charge in [-0.25, -0.2) is 9.78 Å². The van der Waals surface area contributed by atoms with Crippen LogP contribution < -0.4 is 10.6 Å². The van der Waals surface area contributed by atoms with Crippen LogP contribution in [0.2, 0.25) is 0 Å². The first-order valence-electron chi connectivity index (χ1n) is 10.7. The summed E-state index contributed by atoms with van der Waals surface area (Å²) >= 11 is 0. The Morgan fingerprint density at radius 2 is 1.76 bits per heavy atom. The second-order valence-electron chi connectivity index (χ2n) is 8.36. The molecule has 0 saturated carbocycles. The fourth-order valence-electron chi connectivity index (χ4n) is 4.27. The Bertz CT molecular complexity index is 1430. The predicted molar refractivity (Wildman–Crippen MR) is 124 cm³/mol. The number of imidazole rings is 1. The molecule has 1 saturated heterocycles. The molecular formula is C25H23N5O3. The van der Waals surface area contributed by atoms with Crippen LogP contribution in [-0.2, 0) is 28.7 Å². The van der Waals surface area contributed by atoms with Gasteiger partial charge in [0.2, 0.25) is 5.91 Å². The molecule has 0 spiro atoms. The molecule has 1 aliphatic rings. The average molecular weight is 441 g/mol. The van der Waals surface area contributed by atoms with E-state index in [0.717, 1.165) is 26.7 Å². The molecule has 1 fully saturated rings. The van der Waals surface area contributed by atoms with Crippen LogP contribution in [0, 0.1) is 0 Å². The van der Waals surface area contributed by atoms with Gasteiger partial charge >= 0.3 is 6.03 Å². The van der Waals surface area contributed by atoms with E-state index in [-0.39, 0.29) is 13.1 Å². The molecule has 0 bridgehead atoms. The lowest BCUT2D eigenvalue weighted by Crippen LogP contribution is -2.43. The Morgan fingerprint density at radius 1 is 1.03 bits per heavy atom. The molecule has 3 aromatic carbocycles. The summed E-state index contributed by atoms with van der Waals surface area (Å²) in [4.78, 5) is 43.9. The van der Waals surface area contributed by atoms with Crippen LogP contribution in [0.1, 0.15) is 18.3 Å². The average Bonchev–Trinajstić information content (AvgIpc) is 3.26. The molecule has 4 amide bonds. The summed E-state index contributed by atoms with van der Waals surface area (Å²) in [5, 5.41) is 7.53. The zero-order valence-corrected chi connectivity index (χ0v) is 18.3. The van der Waals surface area contributed by atoms with Gasteiger partial charge in [0.15, 0.2) is 0 Å². The van der Waals surface area contributed by atoms with Gasteiger partial charge in [-0.1, -0.05) is 48.5 Å². The topological polar surface area (TPSA) is 96.3 Å². The molecule has 1 aliphatic heterocycles. The standard InChI is InChI=1S/C25H23N5O3/c1-25(18-12-11-16-7-3-4-8-17(16)13-18)23(32)30(24(33)28-25)15-22(31)26-14-21-27-19-9-5-6-10-20(19)29(21)2/h3-13H,14-15H2,1-2H3,(H,26,31)(H,28,33)/t25-/m1/s1. The molecule has 0 radical (unpaired) electrons. The van der Waals surface area contributed by atoms with Crippen molar-refractivity contribution in [2.45, 2.75) is 19.0 Å². The number of aryl methyl sites for hydroxylation is 1. The number of carbonyl (C=O) groups is 3. The minimum atomic E-state index is -1.24. The minimum absolute atomic E-state index is 0.190. The SMILES string of the molecule is Cn1c(CNC(=O)CN2C(=O)N[C@](C)(c3ccc4ccccc4c3)C2=O)nc2ccccc21. The summed E-state index contributed by atoms with van der Waals surface area (Å²) < 4.78 is 1.90. The maximum absolute atomic E-state index is 13.2. The number of nitrogens with zero attached hydrogens (tertiary/aromatic N) is 3. The summed E-state index contributed by atoms with van der Waals surface area (Å²) in [5.41, 5.74) is 1.23. The second kappa shape index (κ2) is 7.74. The van der Waals surface area contributed by atoms with E-state index in [2.05, 4.69) is 15.6 Å². The molecule has 2 N–H and O–H groups in total. The lowest BCUT2D eigenvalue weighted by molar-refractivity contribution is -0.134. The van der Waals surface area contributed by atoms with Crippen LogP contribution in [0.3, 0.4) is 0 Å². The zero-order valence-electron chi connectivity index (χ0n) is 18.3. The Labute approximate surface area is 190 Å². The fourth-order valence-corrected chi connectivity index (χ4v) is 4.27. The fraction of sp³-hybridized carbons (Fsp3) is 0.200. The van der Waals surface area contributed by atoms with Gasteiger partial charge in [0.25, 0.3) is 5.91 Å². The minimum Gasteiger partial charge on any atom is -0.347 e. The van der Waals surface area contributed by atoms with Crippen molar-refractivity contribution in [3.63, 3.8) is 0 Å². The van der Waals surface area contributed by atoms with E-state index in [1.807, 2.05) is 78.3 Å². The van der Waals surface area contributed by atoms with Crippen molar-refractivity contribution in [2.24, 2.45) is 7.05 Å². The first-order valence-corrected chi connectivity index (χ1v) is 10.7. The number of aromatic nitrogens is 2. The number of hydrogen-bond donors (Lipinski definition) is 2. The van der Waals surface area contributed by atoms with Crippen molar-refractivity contribution < 1.29 is 14.4 Å². The predicted octanol–water partition coefficient (Wildman–Crippen LogP) is 2.81. The highest BCUT2D eigenvalue weighted by molar-refractivity contribution is 6.09. The third-order valence-electron chi connectivity index (χ3n) is 6.23. The van der Waals surface area contributed by atoms with E-state index in [1.54, 1.807) is 6.92 Å². The number of rotatable bonds is 5. The van der Waals surface area contributed by atoms with Crippen molar-refractivity contribution in [2.75, 3.05) is 6.54 Å². The first-order chi connectivity index (χ1) is 15.9. The number of imide groups is 1. The molecule has 1 atom stereocenters. The molecule has 0 aliphatic carbocycles. The van der Waals surface area contributed by atoms with Gasteiger partial charge in [0.1, 0.15) is 17.9 Å². The number of benzene rings is 3. The van der Waals surface area contributed by atoms with E-state index < -0.39 is 23.4 Å². The van der Waals surface area contributed by atoms with Crippen molar-refractivity contribution in [3.8, 4) is 0 Å². The summed E-state index contributed by atoms with van der Waals surface area (Å²) in [6, 6.07) is 20.5. The van der Waals surface area contributed by atoms with Gasteiger partial charge in [-0.05, 0) is 41.5 Å². The number of nitrogens with one attached hydrogen (secondary N) is 2. The first kappa shape index (κ1) is 20.7. The summed E-state index contributed by atoms with van der Waals surface area (Å²) in [6.07, 6.45) is 0. The molecule has 0 unspecified atom stereocenters. The Kier molecular flexibility index (Phi) is 4.85.